The van der Waals surface area contributed by atoms with Crippen molar-refractivity contribution in [2.24, 2.45) is 11.8 Å². The lowest BCUT2D eigenvalue weighted by molar-refractivity contribution is 0.484. The molecule has 0 aliphatic heterocycles. The maximum Gasteiger partial charge on any atom is 0.181 e. The van der Waals surface area contributed by atoms with E-state index in [0.29, 0.717) is 10.8 Å². The lowest BCUT2D eigenvalue weighted by atomic mass is 9.98. The third kappa shape index (κ3) is 2.62. The fourth-order valence-corrected chi connectivity index (χ4v) is 1.12. The molecular weight excluding hydrogens is 148 g/mol. The van der Waals surface area contributed by atoms with Gasteiger partial charge >= 0.3 is 0 Å². The molecule has 60 valence electrons. The first-order valence-corrected chi connectivity index (χ1v) is 4.37. The number of rotatable bonds is 3. The molecule has 0 aliphatic carbocycles. The van der Waals surface area contributed by atoms with Gasteiger partial charge in [0.15, 0.2) is 11.1 Å². The highest BCUT2D eigenvalue weighted by molar-refractivity contribution is 7.83. The molecule has 0 fully saturated rings. The Bertz CT molecular complexity index is 152. The predicted molar refractivity (Wildman–Crippen MR) is 43.9 cm³/mol. The second kappa shape index (κ2) is 3.88. The average molecular weight is 162 g/mol. The van der Waals surface area contributed by atoms with Gasteiger partial charge in [-0.2, -0.15) is 0 Å². The van der Waals surface area contributed by atoms with Gasteiger partial charge in [-0.25, -0.2) is 4.21 Å². The largest absolute Gasteiger partial charge is 0.302 e. The molecule has 0 saturated carbocycles. The van der Waals surface area contributed by atoms with Crippen LogP contribution in [0, 0.1) is 11.8 Å². The maximum atomic E-state index is 10.5. The zero-order valence-electron chi connectivity index (χ0n) is 6.63. The molecule has 0 saturated heterocycles. The summed E-state index contributed by atoms with van der Waals surface area (Å²) >= 11 is -1.86. The van der Waals surface area contributed by atoms with Crippen LogP contribution in [-0.4, -0.2) is 8.76 Å². The molecule has 0 aromatic rings. The summed E-state index contributed by atoms with van der Waals surface area (Å²) in [6.07, 6.45) is 0. The normalized spacial score (nSPS) is 16.9. The van der Waals surface area contributed by atoms with E-state index in [4.69, 9.17) is 4.55 Å². The zero-order valence-corrected chi connectivity index (χ0v) is 7.44. The van der Waals surface area contributed by atoms with Crippen LogP contribution >= 0.6 is 0 Å². The van der Waals surface area contributed by atoms with Crippen LogP contribution in [0.4, 0.5) is 0 Å². The molecule has 0 amide bonds. The van der Waals surface area contributed by atoms with Crippen LogP contribution in [0.25, 0.3) is 0 Å². The Labute approximate surface area is 64.6 Å². The molecule has 0 spiro atoms. The van der Waals surface area contributed by atoms with Gasteiger partial charge in [0.05, 0.1) is 0 Å². The van der Waals surface area contributed by atoms with E-state index in [9.17, 15) is 4.21 Å². The number of hydrogen-bond acceptors (Lipinski definition) is 1. The molecule has 0 rings (SSSR count). The van der Waals surface area contributed by atoms with E-state index in [-0.39, 0.29) is 5.92 Å². The summed E-state index contributed by atoms with van der Waals surface area (Å²) in [6, 6.07) is 0. The third-order valence-electron chi connectivity index (χ3n) is 1.73. The molecule has 1 N–H and O–H groups in total. The van der Waals surface area contributed by atoms with Crippen molar-refractivity contribution >= 4 is 11.1 Å². The molecule has 2 nitrogen and oxygen atoms in total. The van der Waals surface area contributed by atoms with Crippen molar-refractivity contribution in [3.8, 4) is 0 Å². The third-order valence-corrected chi connectivity index (χ3v) is 2.55. The van der Waals surface area contributed by atoms with Crippen molar-refractivity contribution in [1.29, 1.82) is 0 Å². The fraction of sp³-hybridized carbons (Fsp3) is 0.714. The molecule has 0 aromatic heterocycles. The molecule has 2 atom stereocenters. The monoisotopic (exact) mass is 162 g/mol. The van der Waals surface area contributed by atoms with Gasteiger partial charge in [0.1, 0.15) is 0 Å². The standard InChI is InChI=1S/C7H14O2S/c1-5(2)6(3)7(4)10(8)9/h5-6H,4H2,1-3H3,(H,8,9). The Morgan fingerprint density at radius 3 is 2.00 bits per heavy atom. The van der Waals surface area contributed by atoms with Crippen LogP contribution in [0.5, 0.6) is 0 Å². The quantitative estimate of drug-likeness (QED) is 0.644. The molecule has 3 heteroatoms. The predicted octanol–water partition coefficient (Wildman–Crippen LogP) is 2.01. The number of allylic oxidation sites excluding steroid dienone is 1. The summed E-state index contributed by atoms with van der Waals surface area (Å²) in [4.78, 5) is 0.412. The molecule has 0 aliphatic rings. The van der Waals surface area contributed by atoms with Crippen molar-refractivity contribution in [3.05, 3.63) is 11.5 Å². The highest BCUT2D eigenvalue weighted by Gasteiger charge is 2.14. The van der Waals surface area contributed by atoms with Gasteiger partial charge in [-0.05, 0) is 11.8 Å². The summed E-state index contributed by atoms with van der Waals surface area (Å²) in [5, 5.41) is 0. The Morgan fingerprint density at radius 2 is 1.90 bits per heavy atom. The van der Waals surface area contributed by atoms with E-state index in [1.807, 2.05) is 20.8 Å². The first-order chi connectivity index (χ1) is 4.46. The Hall–Kier alpha value is -0.150. The van der Waals surface area contributed by atoms with E-state index >= 15 is 0 Å². The van der Waals surface area contributed by atoms with Crippen LogP contribution in [0.3, 0.4) is 0 Å². The van der Waals surface area contributed by atoms with Crippen molar-refractivity contribution < 1.29 is 8.76 Å². The Balaban J connectivity index is 4.08. The Kier molecular flexibility index (Phi) is 3.83. The second-order valence-electron chi connectivity index (χ2n) is 2.75. The minimum absolute atomic E-state index is 0.117. The summed E-state index contributed by atoms with van der Waals surface area (Å²) in [5.41, 5.74) is 0. The fourth-order valence-electron chi connectivity index (χ4n) is 0.531. The molecule has 0 heterocycles. The van der Waals surface area contributed by atoms with Gasteiger partial charge in [-0.3, -0.25) is 0 Å². The van der Waals surface area contributed by atoms with Crippen LogP contribution in [0.15, 0.2) is 11.5 Å². The van der Waals surface area contributed by atoms with E-state index in [1.54, 1.807) is 0 Å². The lowest BCUT2D eigenvalue weighted by Crippen LogP contribution is -2.09. The van der Waals surface area contributed by atoms with Crippen molar-refractivity contribution in [1.82, 2.24) is 0 Å². The first-order valence-electron chi connectivity index (χ1n) is 3.26. The van der Waals surface area contributed by atoms with E-state index in [2.05, 4.69) is 6.58 Å². The van der Waals surface area contributed by atoms with Crippen LogP contribution in [0.1, 0.15) is 20.8 Å². The Morgan fingerprint density at radius 1 is 1.50 bits per heavy atom. The average Bonchev–Trinajstić information content (AvgIpc) is 1.84. The van der Waals surface area contributed by atoms with Crippen molar-refractivity contribution in [3.63, 3.8) is 0 Å². The topological polar surface area (TPSA) is 37.3 Å². The van der Waals surface area contributed by atoms with E-state index < -0.39 is 11.1 Å². The van der Waals surface area contributed by atoms with Gasteiger partial charge in [0.2, 0.25) is 0 Å². The molecule has 10 heavy (non-hydrogen) atoms. The van der Waals surface area contributed by atoms with E-state index in [1.165, 1.54) is 0 Å². The molecular formula is C7H14O2S. The summed E-state index contributed by atoms with van der Waals surface area (Å²) < 4.78 is 19.1. The lowest BCUT2D eigenvalue weighted by Gasteiger charge is -2.14. The maximum absolute atomic E-state index is 10.5. The van der Waals surface area contributed by atoms with Gasteiger partial charge in [0, 0.05) is 4.91 Å². The minimum atomic E-state index is -1.86. The van der Waals surface area contributed by atoms with Crippen molar-refractivity contribution in [2.45, 2.75) is 20.8 Å². The first kappa shape index (κ1) is 9.85. The summed E-state index contributed by atoms with van der Waals surface area (Å²) in [5.74, 6) is 0.495. The van der Waals surface area contributed by atoms with Gasteiger partial charge in [0.25, 0.3) is 0 Å². The van der Waals surface area contributed by atoms with Gasteiger partial charge in [-0.15, -0.1) is 0 Å². The summed E-state index contributed by atoms with van der Waals surface area (Å²) in [7, 11) is 0. The highest BCUT2D eigenvalue weighted by Crippen LogP contribution is 2.19. The van der Waals surface area contributed by atoms with E-state index in [0.717, 1.165) is 0 Å². The number of hydrogen-bond donors (Lipinski definition) is 1. The highest BCUT2D eigenvalue weighted by atomic mass is 32.2. The zero-order chi connectivity index (χ0) is 8.31. The van der Waals surface area contributed by atoms with Gasteiger partial charge in [-0.1, -0.05) is 27.4 Å². The molecule has 0 radical (unpaired) electrons. The molecule has 2 unspecified atom stereocenters. The minimum Gasteiger partial charge on any atom is -0.302 e. The SMILES string of the molecule is C=C(C(C)C(C)C)S(=O)O. The van der Waals surface area contributed by atoms with Crippen molar-refractivity contribution in [2.75, 3.05) is 0 Å². The van der Waals surface area contributed by atoms with Gasteiger partial charge < -0.3 is 4.55 Å². The van der Waals surface area contributed by atoms with Crippen LogP contribution in [-0.2, 0) is 11.1 Å². The smallest absolute Gasteiger partial charge is 0.181 e. The van der Waals surface area contributed by atoms with Crippen LogP contribution in [0.2, 0.25) is 0 Å². The summed E-state index contributed by atoms with van der Waals surface area (Å²) in [6.45, 7) is 9.43. The van der Waals surface area contributed by atoms with Crippen LogP contribution < -0.4 is 0 Å². The molecule has 0 aromatic carbocycles. The molecule has 0 bridgehead atoms. The second-order valence-corrected chi connectivity index (χ2v) is 3.77.